The quantitative estimate of drug-likeness (QED) is 0.612. The number of hydrogen-bond acceptors (Lipinski definition) is 3. The topological polar surface area (TPSA) is 50.5 Å². The second-order valence-electron chi connectivity index (χ2n) is 7.35. The van der Waals surface area contributed by atoms with Crippen LogP contribution in [0.1, 0.15) is 59.0 Å². The van der Waals surface area contributed by atoms with Crippen LogP contribution in [0.2, 0.25) is 0 Å². The molecule has 27 heavy (non-hydrogen) atoms. The largest absolute Gasteiger partial charge is 0.330 e. The summed E-state index contributed by atoms with van der Waals surface area (Å²) < 4.78 is 16.1. The maximum Gasteiger partial charge on any atom is 0.273 e. The molecule has 0 spiro atoms. The molecule has 1 fully saturated rings. The first kappa shape index (κ1) is 16.9. The lowest BCUT2D eigenvalue weighted by Gasteiger charge is -2.35. The molecule has 7 heteroatoms. The van der Waals surface area contributed by atoms with Gasteiger partial charge in [0.2, 0.25) is 0 Å². The number of nitrogens with zero attached hydrogens (tertiary/aromatic N) is 4. The van der Waals surface area contributed by atoms with Crippen molar-refractivity contribution in [3.63, 3.8) is 0 Å². The molecule has 3 heterocycles. The number of hydrogen-bond donors (Lipinski definition) is 0. The number of benzene rings is 1. The van der Waals surface area contributed by atoms with Gasteiger partial charge in [-0.2, -0.15) is 5.10 Å². The molecule has 2 aliphatic rings. The number of halogens is 2. The predicted molar refractivity (Wildman–Crippen MR) is 102 cm³/mol. The molecule has 1 aliphatic carbocycles. The predicted octanol–water partition coefficient (Wildman–Crippen LogP) is 4.27. The molecular weight excluding hydrogens is 411 g/mol. The first-order valence-electron chi connectivity index (χ1n) is 9.17. The molecule has 5 nitrogen and oxygen atoms in total. The molecule has 0 saturated heterocycles. The number of carbonyl (C=O) groups is 1. The van der Waals surface area contributed by atoms with Gasteiger partial charge in [0.05, 0.1) is 6.04 Å². The highest BCUT2D eigenvalue weighted by atomic mass is 79.9. The molecule has 1 unspecified atom stereocenters. The molecule has 1 aliphatic heterocycles. The van der Waals surface area contributed by atoms with Crippen molar-refractivity contribution in [3.8, 4) is 0 Å². The minimum Gasteiger partial charge on any atom is -0.330 e. The van der Waals surface area contributed by atoms with Gasteiger partial charge in [-0.25, -0.2) is 13.9 Å². The van der Waals surface area contributed by atoms with E-state index in [1.807, 2.05) is 28.5 Å². The Balaban J connectivity index is 1.53. The van der Waals surface area contributed by atoms with Crippen molar-refractivity contribution >= 4 is 27.5 Å². The molecule has 0 radical (unpaired) electrons. The average molecular weight is 429 g/mol. The van der Waals surface area contributed by atoms with Crippen LogP contribution < -0.4 is 0 Å². The van der Waals surface area contributed by atoms with Gasteiger partial charge in [0.1, 0.15) is 16.1 Å². The molecule has 1 aromatic carbocycles. The van der Waals surface area contributed by atoms with Crippen molar-refractivity contribution in [1.82, 2.24) is 19.5 Å². The van der Waals surface area contributed by atoms with Gasteiger partial charge in [-0.1, -0.05) is 6.07 Å². The number of carbonyl (C=O) groups excluding carboxylic acids is 1. The van der Waals surface area contributed by atoms with E-state index >= 15 is 0 Å². The number of aromatic nitrogens is 3. The summed E-state index contributed by atoms with van der Waals surface area (Å²) in [5.41, 5.74) is 4.16. The van der Waals surface area contributed by atoms with Crippen LogP contribution in [0, 0.1) is 5.82 Å². The lowest BCUT2D eigenvalue weighted by Crippen LogP contribution is -2.39. The van der Waals surface area contributed by atoms with Gasteiger partial charge >= 0.3 is 0 Å². The first-order chi connectivity index (χ1) is 13.0. The van der Waals surface area contributed by atoms with Gasteiger partial charge < -0.3 is 4.90 Å². The molecule has 2 aromatic heterocycles. The van der Waals surface area contributed by atoms with E-state index in [4.69, 9.17) is 0 Å². The van der Waals surface area contributed by atoms with E-state index in [2.05, 4.69) is 26.0 Å². The van der Waals surface area contributed by atoms with Crippen LogP contribution in [0.5, 0.6) is 0 Å². The summed E-state index contributed by atoms with van der Waals surface area (Å²) in [6.07, 6.45) is 2.88. The molecule has 1 amide bonds. The van der Waals surface area contributed by atoms with Gasteiger partial charge in [0, 0.05) is 24.2 Å². The summed E-state index contributed by atoms with van der Waals surface area (Å²) in [5.74, 6) is 0.128. The third kappa shape index (κ3) is 2.84. The Morgan fingerprint density at radius 2 is 2.07 bits per heavy atom. The summed E-state index contributed by atoms with van der Waals surface area (Å²) in [6.45, 7) is 2.55. The zero-order valence-electron chi connectivity index (χ0n) is 14.8. The van der Waals surface area contributed by atoms with Crippen molar-refractivity contribution in [1.29, 1.82) is 0 Å². The van der Waals surface area contributed by atoms with Gasteiger partial charge in [0.25, 0.3) is 5.91 Å². The summed E-state index contributed by atoms with van der Waals surface area (Å²) in [7, 11) is 0. The van der Waals surface area contributed by atoms with Gasteiger partial charge in [-0.3, -0.25) is 4.79 Å². The number of fused-ring (bicyclic) bond motifs is 2. The molecule has 1 saturated carbocycles. The molecular formula is C20H18BrFN4O. The van der Waals surface area contributed by atoms with Crippen LogP contribution in [0.25, 0.3) is 5.65 Å². The van der Waals surface area contributed by atoms with E-state index in [0.717, 1.165) is 29.7 Å². The fourth-order valence-corrected chi connectivity index (χ4v) is 4.34. The normalized spacial score (nSPS) is 19.4. The Morgan fingerprint density at radius 1 is 1.26 bits per heavy atom. The van der Waals surface area contributed by atoms with E-state index in [1.54, 1.807) is 12.1 Å². The fraction of sp³-hybridized carbons (Fsp3) is 0.350. The van der Waals surface area contributed by atoms with Gasteiger partial charge in [-0.15, -0.1) is 0 Å². The van der Waals surface area contributed by atoms with E-state index in [0.29, 0.717) is 34.8 Å². The number of rotatable bonds is 2. The highest BCUT2D eigenvalue weighted by Crippen LogP contribution is 2.40. The van der Waals surface area contributed by atoms with Crippen LogP contribution in [-0.2, 0) is 6.42 Å². The third-order valence-electron chi connectivity index (χ3n) is 5.55. The SMILES string of the molecule is CC1c2ccc(F)cc2CCN1C(=O)c1cc(C2CC2)n2nc(Br)cc2n1. The Kier molecular flexibility index (Phi) is 3.82. The fourth-order valence-electron chi connectivity index (χ4n) is 3.97. The lowest BCUT2D eigenvalue weighted by molar-refractivity contribution is 0.0671. The zero-order valence-corrected chi connectivity index (χ0v) is 16.4. The highest BCUT2D eigenvalue weighted by Gasteiger charge is 2.32. The molecule has 0 N–H and O–H groups in total. The van der Waals surface area contributed by atoms with Crippen molar-refractivity contribution in [2.45, 2.75) is 38.1 Å². The smallest absolute Gasteiger partial charge is 0.273 e. The first-order valence-corrected chi connectivity index (χ1v) is 9.96. The summed E-state index contributed by atoms with van der Waals surface area (Å²) in [5, 5.41) is 4.45. The van der Waals surface area contributed by atoms with E-state index < -0.39 is 0 Å². The Bertz CT molecular complexity index is 1080. The van der Waals surface area contributed by atoms with Gasteiger partial charge in [0.15, 0.2) is 5.65 Å². The summed E-state index contributed by atoms with van der Waals surface area (Å²) in [4.78, 5) is 19.7. The Labute approximate surface area is 164 Å². The molecule has 1 atom stereocenters. The van der Waals surface area contributed by atoms with E-state index in [-0.39, 0.29) is 17.8 Å². The van der Waals surface area contributed by atoms with Crippen molar-refractivity contribution < 1.29 is 9.18 Å². The maximum atomic E-state index is 13.5. The van der Waals surface area contributed by atoms with E-state index in [9.17, 15) is 9.18 Å². The second kappa shape index (κ2) is 6.12. The standard InChI is InChI=1S/C20H18BrFN4O/c1-11-15-5-4-14(22)8-13(15)6-7-25(11)20(27)16-9-17(12-2-3-12)26-19(23-16)10-18(21)24-26/h4-5,8-12H,2-3,6-7H2,1H3. The minimum absolute atomic E-state index is 0.0841. The minimum atomic E-state index is -0.228. The molecule has 3 aromatic rings. The van der Waals surface area contributed by atoms with Crippen LogP contribution in [0.15, 0.2) is 34.9 Å². The zero-order chi connectivity index (χ0) is 18.7. The maximum absolute atomic E-state index is 13.5. The molecule has 138 valence electrons. The second-order valence-corrected chi connectivity index (χ2v) is 8.16. The summed E-state index contributed by atoms with van der Waals surface area (Å²) >= 11 is 3.40. The Morgan fingerprint density at radius 3 is 2.85 bits per heavy atom. The average Bonchev–Trinajstić information content (AvgIpc) is 3.41. The van der Waals surface area contributed by atoms with E-state index in [1.165, 1.54) is 6.07 Å². The van der Waals surface area contributed by atoms with Crippen molar-refractivity contribution in [3.05, 3.63) is 63.3 Å². The van der Waals surface area contributed by atoms with Crippen molar-refractivity contribution in [2.75, 3.05) is 6.54 Å². The monoisotopic (exact) mass is 428 g/mol. The van der Waals surface area contributed by atoms with Crippen LogP contribution >= 0.6 is 15.9 Å². The molecule has 0 bridgehead atoms. The lowest BCUT2D eigenvalue weighted by atomic mass is 9.93. The van der Waals surface area contributed by atoms with Crippen LogP contribution in [0.4, 0.5) is 4.39 Å². The van der Waals surface area contributed by atoms with Crippen LogP contribution in [0.3, 0.4) is 0 Å². The summed E-state index contributed by atoms with van der Waals surface area (Å²) in [6, 6.07) is 8.44. The van der Waals surface area contributed by atoms with Crippen LogP contribution in [-0.4, -0.2) is 31.9 Å². The van der Waals surface area contributed by atoms with Crippen molar-refractivity contribution in [2.24, 2.45) is 0 Å². The highest BCUT2D eigenvalue weighted by molar-refractivity contribution is 9.10. The van der Waals surface area contributed by atoms with Gasteiger partial charge in [-0.05, 0) is 71.4 Å². The Hall–Kier alpha value is -2.28. The molecule has 5 rings (SSSR count). The number of amides is 1. The third-order valence-corrected chi connectivity index (χ3v) is 5.93.